The van der Waals surface area contributed by atoms with E-state index in [0.717, 1.165) is 0 Å². The van der Waals surface area contributed by atoms with Crippen molar-refractivity contribution in [3.63, 3.8) is 0 Å². The van der Waals surface area contributed by atoms with Crippen LogP contribution < -0.4 is 5.32 Å². The Bertz CT molecular complexity index is 526. The fourth-order valence-electron chi connectivity index (χ4n) is 1.30. The van der Waals surface area contributed by atoms with Gasteiger partial charge in [-0.3, -0.25) is 4.79 Å². The Kier molecular flexibility index (Phi) is 11.1. The van der Waals surface area contributed by atoms with Crippen LogP contribution in [0, 0.1) is 0 Å². The number of hydrogen-bond donors (Lipinski definition) is 1. The maximum Gasteiger partial charge on any atom is 0.407 e. The van der Waals surface area contributed by atoms with E-state index < -0.39 is 24.0 Å². The summed E-state index contributed by atoms with van der Waals surface area (Å²) in [5.74, 6) is -1.74. The SMILES string of the molecule is C=C(C)C(=O)OCCNC(=O)OCCCC(=O)OCC(=C)C(=O)OC. The molecule has 0 bridgehead atoms. The molecule has 9 heteroatoms. The lowest BCUT2D eigenvalue weighted by Crippen LogP contribution is -2.29. The molecule has 0 aromatic heterocycles. The highest BCUT2D eigenvalue weighted by Crippen LogP contribution is 1.99. The van der Waals surface area contributed by atoms with Crippen LogP contribution in [0.2, 0.25) is 0 Å². The molecule has 0 atom stereocenters. The van der Waals surface area contributed by atoms with Crippen LogP contribution in [0.4, 0.5) is 4.79 Å². The minimum Gasteiger partial charge on any atom is -0.466 e. The number of rotatable bonds is 11. The van der Waals surface area contributed by atoms with Crippen LogP contribution in [-0.4, -0.2) is 57.5 Å². The van der Waals surface area contributed by atoms with Crippen LogP contribution in [0.1, 0.15) is 19.8 Å². The molecule has 0 aliphatic heterocycles. The van der Waals surface area contributed by atoms with Crippen LogP contribution in [0.15, 0.2) is 24.3 Å². The Hall–Kier alpha value is -2.84. The zero-order valence-electron chi connectivity index (χ0n) is 14.4. The predicted octanol–water partition coefficient (Wildman–Crippen LogP) is 0.885. The summed E-state index contributed by atoms with van der Waals surface area (Å²) < 4.78 is 18.8. The second-order valence-corrected chi connectivity index (χ2v) is 4.84. The molecule has 0 aromatic rings. The lowest BCUT2D eigenvalue weighted by Gasteiger charge is -2.08. The van der Waals surface area contributed by atoms with Gasteiger partial charge < -0.3 is 24.3 Å². The zero-order chi connectivity index (χ0) is 19.2. The Morgan fingerprint density at radius 1 is 0.960 bits per heavy atom. The van der Waals surface area contributed by atoms with Crippen LogP contribution in [0.3, 0.4) is 0 Å². The summed E-state index contributed by atoms with van der Waals surface area (Å²) >= 11 is 0. The maximum absolute atomic E-state index is 11.4. The third-order valence-corrected chi connectivity index (χ3v) is 2.59. The zero-order valence-corrected chi connectivity index (χ0v) is 14.4. The Morgan fingerprint density at radius 3 is 2.24 bits per heavy atom. The molecule has 25 heavy (non-hydrogen) atoms. The van der Waals surface area contributed by atoms with E-state index in [2.05, 4.69) is 23.2 Å². The number of ether oxygens (including phenoxy) is 4. The third kappa shape index (κ3) is 11.4. The molecular formula is C16H23NO8. The highest BCUT2D eigenvalue weighted by atomic mass is 16.6. The van der Waals surface area contributed by atoms with Crippen molar-refractivity contribution < 1.29 is 38.1 Å². The molecule has 0 spiro atoms. The van der Waals surface area contributed by atoms with Gasteiger partial charge in [0.25, 0.3) is 0 Å². The number of hydrogen-bond acceptors (Lipinski definition) is 8. The van der Waals surface area contributed by atoms with Crippen molar-refractivity contribution in [3.05, 3.63) is 24.3 Å². The Labute approximate surface area is 145 Å². The first-order valence-electron chi connectivity index (χ1n) is 7.43. The third-order valence-electron chi connectivity index (χ3n) is 2.59. The molecule has 0 saturated heterocycles. The highest BCUT2D eigenvalue weighted by Gasteiger charge is 2.10. The van der Waals surface area contributed by atoms with Gasteiger partial charge in [0, 0.05) is 12.0 Å². The first-order chi connectivity index (χ1) is 11.8. The molecule has 1 amide bonds. The van der Waals surface area contributed by atoms with E-state index in [-0.39, 0.29) is 50.4 Å². The summed E-state index contributed by atoms with van der Waals surface area (Å²) in [4.78, 5) is 44.8. The number of carbonyl (C=O) groups excluding carboxylic acids is 4. The topological polar surface area (TPSA) is 117 Å². The molecule has 0 aromatic carbocycles. The van der Waals surface area contributed by atoms with Crippen molar-refractivity contribution in [1.29, 1.82) is 0 Å². The Balaban J connectivity index is 3.66. The molecule has 0 radical (unpaired) electrons. The normalized spacial score (nSPS) is 9.52. The molecule has 0 saturated carbocycles. The van der Waals surface area contributed by atoms with E-state index in [9.17, 15) is 19.2 Å². The molecule has 0 aliphatic carbocycles. The van der Waals surface area contributed by atoms with Gasteiger partial charge in [-0.2, -0.15) is 0 Å². The van der Waals surface area contributed by atoms with E-state index >= 15 is 0 Å². The van der Waals surface area contributed by atoms with E-state index in [4.69, 9.17) is 14.2 Å². The standard InChI is InChI=1S/C16H23NO8/c1-11(2)14(19)23-9-7-17-16(21)24-8-5-6-13(18)25-10-12(3)15(20)22-4/h1,3,5-10H2,2,4H3,(H,17,21). The summed E-state index contributed by atoms with van der Waals surface area (Å²) in [7, 11) is 1.20. The average Bonchev–Trinajstić information content (AvgIpc) is 2.59. The molecule has 0 unspecified atom stereocenters. The lowest BCUT2D eigenvalue weighted by atomic mass is 10.3. The van der Waals surface area contributed by atoms with Gasteiger partial charge >= 0.3 is 24.0 Å². The van der Waals surface area contributed by atoms with Crippen LogP contribution in [0.5, 0.6) is 0 Å². The highest BCUT2D eigenvalue weighted by molar-refractivity contribution is 5.88. The summed E-state index contributed by atoms with van der Waals surface area (Å²) in [6.07, 6.45) is -0.432. The number of alkyl carbamates (subject to hydrolysis) is 1. The van der Waals surface area contributed by atoms with Crippen molar-refractivity contribution in [1.82, 2.24) is 5.32 Å². The van der Waals surface area contributed by atoms with Crippen molar-refractivity contribution in [3.8, 4) is 0 Å². The summed E-state index contributed by atoms with van der Waals surface area (Å²) in [5, 5.41) is 2.38. The largest absolute Gasteiger partial charge is 0.466 e. The molecule has 0 fully saturated rings. The van der Waals surface area contributed by atoms with Gasteiger partial charge in [-0.1, -0.05) is 13.2 Å². The molecule has 0 heterocycles. The first-order valence-corrected chi connectivity index (χ1v) is 7.43. The second kappa shape index (κ2) is 12.6. The van der Waals surface area contributed by atoms with E-state index in [1.165, 1.54) is 14.0 Å². The van der Waals surface area contributed by atoms with Crippen molar-refractivity contribution in [2.24, 2.45) is 0 Å². The van der Waals surface area contributed by atoms with Gasteiger partial charge in [-0.15, -0.1) is 0 Å². The number of esters is 3. The summed E-state index contributed by atoms with van der Waals surface area (Å²) in [6, 6.07) is 0. The quantitative estimate of drug-likeness (QED) is 0.251. The summed E-state index contributed by atoms with van der Waals surface area (Å²) in [6.45, 7) is 8.18. The van der Waals surface area contributed by atoms with E-state index in [1.54, 1.807) is 0 Å². The van der Waals surface area contributed by atoms with Crippen LogP contribution in [-0.2, 0) is 33.3 Å². The lowest BCUT2D eigenvalue weighted by molar-refractivity contribution is -0.144. The predicted molar refractivity (Wildman–Crippen MR) is 86.5 cm³/mol. The fourth-order valence-corrected chi connectivity index (χ4v) is 1.30. The second-order valence-electron chi connectivity index (χ2n) is 4.84. The monoisotopic (exact) mass is 357 g/mol. The molecule has 1 N–H and O–H groups in total. The summed E-state index contributed by atoms with van der Waals surface area (Å²) in [5.41, 5.74) is 0.295. The van der Waals surface area contributed by atoms with Gasteiger partial charge in [0.1, 0.15) is 13.2 Å². The van der Waals surface area contributed by atoms with Crippen molar-refractivity contribution in [2.45, 2.75) is 19.8 Å². The molecule has 9 nitrogen and oxygen atoms in total. The molecule has 0 aliphatic rings. The maximum atomic E-state index is 11.4. The Morgan fingerprint density at radius 2 is 1.64 bits per heavy atom. The number of nitrogens with one attached hydrogen (secondary N) is 1. The van der Waals surface area contributed by atoms with Gasteiger partial charge in [0.05, 0.1) is 25.8 Å². The van der Waals surface area contributed by atoms with Crippen LogP contribution >= 0.6 is 0 Å². The van der Waals surface area contributed by atoms with Gasteiger partial charge in [-0.25, -0.2) is 14.4 Å². The van der Waals surface area contributed by atoms with Gasteiger partial charge in [0.2, 0.25) is 0 Å². The number of amides is 1. The number of carbonyl (C=O) groups is 4. The molecule has 0 rings (SSSR count). The average molecular weight is 357 g/mol. The van der Waals surface area contributed by atoms with Gasteiger partial charge in [-0.05, 0) is 13.3 Å². The molecule has 140 valence electrons. The smallest absolute Gasteiger partial charge is 0.407 e. The van der Waals surface area contributed by atoms with Gasteiger partial charge in [0.15, 0.2) is 0 Å². The fraction of sp³-hybridized carbons (Fsp3) is 0.500. The van der Waals surface area contributed by atoms with Crippen LogP contribution in [0.25, 0.3) is 0 Å². The number of methoxy groups -OCH3 is 1. The molecular weight excluding hydrogens is 334 g/mol. The van der Waals surface area contributed by atoms with E-state index in [0.29, 0.717) is 0 Å². The first kappa shape index (κ1) is 22.2. The van der Waals surface area contributed by atoms with Crippen molar-refractivity contribution >= 4 is 24.0 Å². The minimum absolute atomic E-state index is 0.00278. The minimum atomic E-state index is -0.696. The van der Waals surface area contributed by atoms with E-state index in [1.807, 2.05) is 0 Å². The van der Waals surface area contributed by atoms with Crippen molar-refractivity contribution in [2.75, 3.05) is 33.5 Å².